The lowest BCUT2D eigenvalue weighted by molar-refractivity contribution is -0.165. The van der Waals surface area contributed by atoms with Gasteiger partial charge in [-0.1, -0.05) is 17.2 Å². The summed E-state index contributed by atoms with van der Waals surface area (Å²) in [6.45, 7) is 0. The van der Waals surface area contributed by atoms with Gasteiger partial charge >= 0.3 is 5.97 Å². The largest absolute Gasteiger partial charge is 0.343 e. The van der Waals surface area contributed by atoms with E-state index in [0.29, 0.717) is 10.8 Å². The van der Waals surface area contributed by atoms with Crippen LogP contribution in [0.5, 0.6) is 0 Å². The van der Waals surface area contributed by atoms with Crippen LogP contribution in [-0.4, -0.2) is 40.3 Å². The highest BCUT2D eigenvalue weighted by molar-refractivity contribution is 8.00. The van der Waals surface area contributed by atoms with Gasteiger partial charge in [0.05, 0.1) is 22.6 Å². The summed E-state index contributed by atoms with van der Waals surface area (Å²) in [6.07, 6.45) is 0. The van der Waals surface area contributed by atoms with Crippen molar-refractivity contribution in [3.8, 4) is 0 Å². The topological polar surface area (TPSA) is 92.8 Å². The van der Waals surface area contributed by atoms with Crippen LogP contribution in [-0.2, 0) is 14.4 Å². The van der Waals surface area contributed by atoms with E-state index in [1.807, 2.05) is 0 Å². The number of nitrogens with zero attached hydrogens (tertiary/aromatic N) is 1. The lowest BCUT2D eigenvalue weighted by atomic mass is 10.1. The van der Waals surface area contributed by atoms with Gasteiger partial charge in [0.1, 0.15) is 5.82 Å². The summed E-state index contributed by atoms with van der Waals surface area (Å²) in [6, 6.07) is 11.4. The van der Waals surface area contributed by atoms with Gasteiger partial charge in [-0.05, 0) is 36.4 Å². The van der Waals surface area contributed by atoms with Crippen molar-refractivity contribution in [2.24, 2.45) is 0 Å². The fraction of sp³-hybridized carbons (Fsp3) is 0.111. The van der Waals surface area contributed by atoms with Crippen molar-refractivity contribution in [2.75, 3.05) is 16.8 Å². The van der Waals surface area contributed by atoms with Gasteiger partial charge < -0.3 is 10.2 Å². The summed E-state index contributed by atoms with van der Waals surface area (Å²) >= 11 is 0.952. The molecular weight excluding hydrogens is 375 g/mol. The van der Waals surface area contributed by atoms with Crippen LogP contribution in [0.4, 0.5) is 10.1 Å². The second-order valence-corrected chi connectivity index (χ2v) is 6.45. The second kappa shape index (κ2) is 8.00. The maximum atomic E-state index is 12.8. The van der Waals surface area contributed by atoms with E-state index in [1.54, 1.807) is 12.1 Å². The van der Waals surface area contributed by atoms with Crippen LogP contribution in [0, 0.1) is 5.82 Å². The van der Waals surface area contributed by atoms with Gasteiger partial charge in [0, 0.05) is 5.69 Å². The Labute approximate surface area is 157 Å². The Bertz CT molecular complexity index is 881. The first-order valence-electron chi connectivity index (χ1n) is 7.77. The van der Waals surface area contributed by atoms with E-state index < -0.39 is 23.6 Å². The molecule has 2 aromatic carbocycles. The van der Waals surface area contributed by atoms with Gasteiger partial charge in [-0.3, -0.25) is 14.4 Å². The minimum Gasteiger partial charge on any atom is -0.329 e. The number of rotatable bonds is 6. The maximum absolute atomic E-state index is 12.8. The number of thioether (sulfide) groups is 1. The molecular formula is C18H13FN2O5S. The Morgan fingerprint density at radius 2 is 1.56 bits per heavy atom. The van der Waals surface area contributed by atoms with E-state index in [0.717, 1.165) is 11.8 Å². The summed E-state index contributed by atoms with van der Waals surface area (Å²) in [4.78, 5) is 52.6. The molecule has 0 spiro atoms. The predicted octanol–water partition coefficient (Wildman–Crippen LogP) is 2.25. The number of halogens is 1. The van der Waals surface area contributed by atoms with Crippen molar-refractivity contribution in [3.05, 3.63) is 65.5 Å². The minimum absolute atomic E-state index is 0.0609. The average molecular weight is 388 g/mol. The number of amides is 3. The van der Waals surface area contributed by atoms with E-state index in [2.05, 4.69) is 5.32 Å². The molecule has 0 fully saturated rings. The Morgan fingerprint density at radius 3 is 2.15 bits per heavy atom. The van der Waals surface area contributed by atoms with Crippen LogP contribution in [0.1, 0.15) is 20.7 Å². The quantitative estimate of drug-likeness (QED) is 0.763. The Hall–Kier alpha value is -3.20. The zero-order chi connectivity index (χ0) is 19.4. The normalized spacial score (nSPS) is 12.7. The zero-order valence-corrected chi connectivity index (χ0v) is 14.6. The summed E-state index contributed by atoms with van der Waals surface area (Å²) < 4.78 is 12.8. The van der Waals surface area contributed by atoms with Crippen LogP contribution < -0.4 is 5.32 Å². The van der Waals surface area contributed by atoms with Crippen LogP contribution in [0.3, 0.4) is 0 Å². The molecule has 1 aliphatic rings. The minimum atomic E-state index is -0.830. The van der Waals surface area contributed by atoms with E-state index >= 15 is 0 Å². The zero-order valence-electron chi connectivity index (χ0n) is 13.8. The highest BCUT2D eigenvalue weighted by Crippen LogP contribution is 2.22. The van der Waals surface area contributed by atoms with Gasteiger partial charge in [0.15, 0.2) is 0 Å². The van der Waals surface area contributed by atoms with Crippen LogP contribution in [0.25, 0.3) is 0 Å². The average Bonchev–Trinajstić information content (AvgIpc) is 2.89. The van der Waals surface area contributed by atoms with Crippen molar-refractivity contribution in [1.82, 2.24) is 5.06 Å². The van der Waals surface area contributed by atoms with Crippen LogP contribution >= 0.6 is 11.8 Å². The molecule has 0 aliphatic carbocycles. The van der Waals surface area contributed by atoms with E-state index in [1.165, 1.54) is 36.4 Å². The molecule has 0 saturated heterocycles. The van der Waals surface area contributed by atoms with E-state index in [-0.39, 0.29) is 28.5 Å². The van der Waals surface area contributed by atoms with Crippen molar-refractivity contribution in [2.45, 2.75) is 0 Å². The van der Waals surface area contributed by atoms with Gasteiger partial charge in [0.2, 0.25) is 5.91 Å². The summed E-state index contributed by atoms with van der Waals surface area (Å²) in [7, 11) is 0. The van der Waals surface area contributed by atoms with Crippen molar-refractivity contribution >= 4 is 41.1 Å². The number of anilines is 1. The first kappa shape index (κ1) is 18.6. The van der Waals surface area contributed by atoms with Crippen molar-refractivity contribution < 1.29 is 28.4 Å². The summed E-state index contributed by atoms with van der Waals surface area (Å²) in [5.74, 6) is -3.34. The van der Waals surface area contributed by atoms with Crippen molar-refractivity contribution in [3.63, 3.8) is 0 Å². The number of carbonyl (C=O) groups excluding carboxylic acids is 4. The molecule has 7 nitrogen and oxygen atoms in total. The number of benzene rings is 2. The van der Waals surface area contributed by atoms with Gasteiger partial charge in [-0.15, -0.1) is 11.8 Å². The Morgan fingerprint density at radius 1 is 0.963 bits per heavy atom. The fourth-order valence-corrected chi connectivity index (χ4v) is 2.91. The Kier molecular flexibility index (Phi) is 5.51. The number of fused-ring (bicyclic) bond motifs is 1. The molecule has 138 valence electrons. The van der Waals surface area contributed by atoms with E-state index in [9.17, 15) is 23.6 Å². The number of carbonyl (C=O) groups is 4. The highest BCUT2D eigenvalue weighted by Gasteiger charge is 2.38. The molecule has 0 atom stereocenters. The number of hydrogen-bond donors (Lipinski definition) is 1. The maximum Gasteiger partial charge on any atom is 0.343 e. The second-order valence-electron chi connectivity index (χ2n) is 5.46. The molecule has 0 saturated carbocycles. The molecule has 1 heterocycles. The highest BCUT2D eigenvalue weighted by atomic mass is 32.2. The third-order valence-electron chi connectivity index (χ3n) is 3.53. The molecule has 27 heavy (non-hydrogen) atoms. The van der Waals surface area contributed by atoms with Gasteiger partial charge in [0.25, 0.3) is 11.8 Å². The van der Waals surface area contributed by atoms with E-state index in [4.69, 9.17) is 4.84 Å². The third-order valence-corrected chi connectivity index (χ3v) is 4.44. The monoisotopic (exact) mass is 388 g/mol. The van der Waals surface area contributed by atoms with Crippen molar-refractivity contribution in [1.29, 1.82) is 0 Å². The number of imide groups is 1. The fourth-order valence-electron chi connectivity index (χ4n) is 2.34. The number of nitrogens with one attached hydrogen (secondary N) is 1. The first-order chi connectivity index (χ1) is 13.0. The van der Waals surface area contributed by atoms with Gasteiger partial charge in [-0.2, -0.15) is 0 Å². The lowest BCUT2D eigenvalue weighted by Crippen LogP contribution is -2.33. The van der Waals surface area contributed by atoms with Gasteiger partial charge in [-0.25, -0.2) is 9.18 Å². The number of hydroxylamine groups is 2. The SMILES string of the molecule is O=C(CSCC(=O)ON1C(=O)c2ccccc2C1=O)Nc1ccc(F)cc1. The molecule has 3 amide bonds. The lowest BCUT2D eigenvalue weighted by Gasteiger charge is -2.12. The Balaban J connectivity index is 1.45. The molecule has 1 aliphatic heterocycles. The molecule has 2 aromatic rings. The van der Waals surface area contributed by atoms with Crippen LogP contribution in [0.15, 0.2) is 48.5 Å². The molecule has 0 bridgehead atoms. The summed E-state index contributed by atoms with van der Waals surface area (Å²) in [5.41, 5.74) is 0.763. The standard InChI is InChI=1S/C18H13FN2O5S/c19-11-5-7-12(8-6-11)20-15(22)9-27-10-16(23)26-21-17(24)13-3-1-2-4-14(13)18(21)25/h1-8H,9-10H2,(H,20,22). The molecule has 1 N–H and O–H groups in total. The molecule has 9 heteroatoms. The first-order valence-corrected chi connectivity index (χ1v) is 8.93. The molecule has 0 radical (unpaired) electrons. The smallest absolute Gasteiger partial charge is 0.329 e. The summed E-state index contributed by atoms with van der Waals surface area (Å²) in [5, 5.41) is 2.97. The third kappa shape index (κ3) is 4.32. The molecule has 3 rings (SSSR count). The molecule has 0 aromatic heterocycles. The predicted molar refractivity (Wildman–Crippen MR) is 95.4 cm³/mol. The van der Waals surface area contributed by atoms with Crippen LogP contribution in [0.2, 0.25) is 0 Å². The molecule has 0 unspecified atom stereocenters. The number of hydrogen-bond acceptors (Lipinski definition) is 6.